The summed E-state index contributed by atoms with van der Waals surface area (Å²) in [5.41, 5.74) is 0. The Bertz CT molecular complexity index is 1870. The van der Waals surface area contributed by atoms with Gasteiger partial charge in [-0.05, 0) is 0 Å². The van der Waals surface area contributed by atoms with Crippen molar-refractivity contribution >= 4 is 298 Å². The molecule has 0 aromatic rings. The van der Waals surface area contributed by atoms with Crippen molar-refractivity contribution in [2.45, 2.75) is 0 Å². The Morgan fingerprint density at radius 1 is 0.152 bits per heavy atom. The Morgan fingerprint density at radius 3 is 0.333 bits per heavy atom. The van der Waals surface area contributed by atoms with Crippen LogP contribution in [0.4, 0.5) is 0 Å². The third-order valence-corrected chi connectivity index (χ3v) is 67.5. The van der Waals surface area contributed by atoms with E-state index in [0.29, 0.717) is 0 Å². The van der Waals surface area contributed by atoms with Gasteiger partial charge >= 0.3 is 0 Å². The van der Waals surface area contributed by atoms with Crippen LogP contribution in [0.15, 0.2) is 0 Å². The van der Waals surface area contributed by atoms with Crippen molar-refractivity contribution in [1.82, 2.24) is 0 Å². The van der Waals surface area contributed by atoms with Crippen LogP contribution in [0.3, 0.4) is 0 Å². The zero-order chi connectivity index (χ0) is 23.9. The first-order valence-electron chi connectivity index (χ1n) is 5.33. The molecule has 0 aromatic carbocycles. The van der Waals surface area contributed by atoms with E-state index >= 15 is 0 Å². The lowest BCUT2D eigenvalue weighted by Crippen LogP contribution is -1.41. The lowest BCUT2D eigenvalue weighted by molar-refractivity contribution is 5.96. The van der Waals surface area contributed by atoms with Crippen molar-refractivity contribution in [3.8, 4) is 0 Å². The third kappa shape index (κ3) is 39.3. The van der Waals surface area contributed by atoms with Gasteiger partial charge in [0.1, 0.15) is 0 Å². The van der Waals surface area contributed by atoms with Crippen LogP contribution in [0.5, 0.6) is 0 Å². The second-order valence-electron chi connectivity index (χ2n) is 2.11. The summed E-state index contributed by atoms with van der Waals surface area (Å²) in [5.74, 6) is 0. The average molecular weight is 1060 g/mol. The van der Waals surface area contributed by atoms with Crippen LogP contribution in [0.25, 0.3) is 0 Å². The molecule has 33 heavy (non-hydrogen) atoms. The molecular weight excluding hydrogens is 1060 g/mol. The molecule has 0 rings (SSSR count). The molecule has 0 amide bonds. The first-order chi connectivity index (χ1) is 16.4. The quantitative estimate of drug-likeness (QED) is 0.334. The predicted octanol–water partition coefficient (Wildman–Crippen LogP) is -0.0792. The van der Waals surface area contributed by atoms with Gasteiger partial charge in [-0.25, -0.2) is 0 Å². The van der Waals surface area contributed by atoms with Gasteiger partial charge in [-0.15, -0.1) is 0 Å². The molecule has 0 heterocycles. The molecule has 0 atom stereocenters. The zero-order valence-corrected chi connectivity index (χ0v) is 40.4. The highest BCUT2D eigenvalue weighted by Crippen LogP contribution is 1.43. The van der Waals surface area contributed by atoms with Crippen molar-refractivity contribution in [1.29, 1.82) is 0 Å². The van der Waals surface area contributed by atoms with Crippen LogP contribution in [-0.4, -0.2) is 0 Å². The molecule has 0 aromatic heterocycles. The SMILES string of the molecule is S=S=S=S=S=S=S=S=S=S=S=S=S=S=S=S=S=S=S=S=S=S=S=S=S=S=S=S=S=S=S=S=S. The summed E-state index contributed by atoms with van der Waals surface area (Å²) in [6, 6.07) is 0. The molecule has 0 aliphatic heterocycles. The van der Waals surface area contributed by atoms with Gasteiger partial charge in [0.05, 0.1) is 0 Å². The molecule has 0 aliphatic rings. The first-order valence-corrected chi connectivity index (χ1v) is 48.0. The van der Waals surface area contributed by atoms with E-state index in [4.69, 9.17) is 22.4 Å². The summed E-state index contributed by atoms with van der Waals surface area (Å²) in [7, 11) is 54.6. The monoisotopic (exact) mass is 1060 g/mol. The molecule has 0 fully saturated rings. The molecule has 0 bridgehead atoms. The average Bonchev–Trinajstić information content (AvgIpc) is 2.83. The summed E-state index contributed by atoms with van der Waals surface area (Å²) in [5, 5.41) is 0. The van der Waals surface area contributed by atoms with E-state index in [1.807, 2.05) is 151 Å². The van der Waals surface area contributed by atoms with Gasteiger partial charge in [-0.2, -0.15) is 0 Å². The summed E-state index contributed by atoms with van der Waals surface area (Å²) in [4.78, 5) is 0. The van der Waals surface area contributed by atoms with E-state index < -0.39 is 0 Å². The normalized spacial score (nSPS) is 7.64. The van der Waals surface area contributed by atoms with Crippen LogP contribution in [0.2, 0.25) is 0 Å². The molecule has 0 saturated carbocycles. The van der Waals surface area contributed by atoms with Crippen molar-refractivity contribution in [3.05, 3.63) is 0 Å². The molecule has 33 heteroatoms. The van der Waals surface area contributed by atoms with Gasteiger partial charge in [-0.3, -0.25) is 0 Å². The minimum Gasteiger partial charge on any atom is 0 e. The molecule has 198 valence electrons. The first kappa shape index (κ1) is 40.3. The maximum atomic E-state index is 4.79. The zero-order valence-electron chi connectivity index (χ0n) is 13.5. The maximum absolute atomic E-state index is 4.79. The van der Waals surface area contributed by atoms with E-state index in [1.54, 1.807) is 107 Å². The van der Waals surface area contributed by atoms with Crippen LogP contribution in [0, 0.1) is 0 Å². The molecule has 0 aliphatic carbocycles. The fourth-order valence-corrected chi connectivity index (χ4v) is 79.9. The van der Waals surface area contributed by atoms with E-state index in [9.17, 15) is 0 Å². The van der Waals surface area contributed by atoms with Gasteiger partial charge in [0.25, 0.3) is 0 Å². The molecule has 0 nitrogen and oxygen atoms in total. The lowest BCUT2D eigenvalue weighted by Gasteiger charge is -1.41. The van der Waals surface area contributed by atoms with Crippen molar-refractivity contribution < 1.29 is 0 Å². The molecule has 0 unspecified atom stereocenters. The molecule has 0 spiro atoms. The summed E-state index contributed by atoms with van der Waals surface area (Å²) in [6.45, 7) is 0. The standard InChI is InChI=1S/S33/c1-3-5-7-9-11-13-15-17-19-21-23-25-27-29-31-33-32-30-28-26-24-22-20-18-16-14-12-10-8-6-4-2. The van der Waals surface area contributed by atoms with Gasteiger partial charge in [0.2, 0.25) is 0 Å². The Labute approximate surface area is 289 Å². The number of rotatable bonds is 0. The fraction of sp³-hybridized carbons (Fsp3) is 0. The van der Waals surface area contributed by atoms with Gasteiger partial charge in [0, 0.05) is 298 Å². The molecule has 0 N–H and O–H groups in total. The number of hydrogen-bond acceptors (Lipinski definition) is 2. The van der Waals surface area contributed by atoms with E-state index in [-0.39, 0.29) is 0 Å². The summed E-state index contributed by atoms with van der Waals surface area (Å²) >= 11 is 9.59. The van der Waals surface area contributed by atoms with Crippen LogP contribution in [0.1, 0.15) is 0 Å². The third-order valence-electron chi connectivity index (χ3n) is 0.833. The Balaban J connectivity index is 5.98. The predicted molar refractivity (Wildman–Crippen MR) is 243 cm³/mol. The molecule has 0 saturated heterocycles. The van der Waals surface area contributed by atoms with Gasteiger partial charge in [0.15, 0.2) is 0 Å². The van der Waals surface area contributed by atoms with Crippen molar-refractivity contribution in [3.63, 3.8) is 0 Å². The summed E-state index contributed by atoms with van der Waals surface area (Å²) < 4.78 is 0. The van der Waals surface area contributed by atoms with Gasteiger partial charge in [-0.1, -0.05) is 0 Å². The maximum Gasteiger partial charge on any atom is 0 e. The van der Waals surface area contributed by atoms with E-state index in [1.165, 1.54) is 17.8 Å². The molecule has 0 radical (unpaired) electrons. The minimum atomic E-state index is 1.37. The lowest BCUT2D eigenvalue weighted by atomic mass is 30.7. The smallest absolute Gasteiger partial charge is 0 e. The highest BCUT2D eigenvalue weighted by atomic mass is 33.5. The largest absolute Gasteiger partial charge is 0 e. The van der Waals surface area contributed by atoms with Crippen molar-refractivity contribution in [2.24, 2.45) is 0 Å². The Morgan fingerprint density at radius 2 is 0.242 bits per heavy atom. The highest BCUT2D eigenvalue weighted by Gasteiger charge is 1.43. The van der Waals surface area contributed by atoms with E-state index in [0.717, 1.165) is 0 Å². The highest BCUT2D eigenvalue weighted by molar-refractivity contribution is 8.80. The van der Waals surface area contributed by atoms with E-state index in [2.05, 4.69) is 0 Å². The van der Waals surface area contributed by atoms with Crippen LogP contribution in [-0.2, 0) is 298 Å². The Hall–Kier alpha value is 7.26. The van der Waals surface area contributed by atoms with Crippen molar-refractivity contribution in [2.75, 3.05) is 0 Å². The second-order valence-corrected chi connectivity index (χ2v) is 57.0. The molecular formula is S33. The topological polar surface area (TPSA) is 0 Å². The number of hydrogen-bond donors (Lipinski definition) is 0. The fourth-order valence-electron chi connectivity index (χ4n) is 0.329. The summed E-state index contributed by atoms with van der Waals surface area (Å²) in [6.07, 6.45) is 0. The minimum absolute atomic E-state index is 1.37. The second kappa shape index (κ2) is 39.3. The Kier molecular flexibility index (Phi) is 47.9. The van der Waals surface area contributed by atoms with Crippen LogP contribution >= 0.6 is 0 Å². The van der Waals surface area contributed by atoms with Gasteiger partial charge < -0.3 is 0 Å². The van der Waals surface area contributed by atoms with Crippen LogP contribution < -0.4 is 0 Å².